The molecule has 0 saturated heterocycles. The van der Waals surface area contributed by atoms with E-state index in [9.17, 15) is 5.11 Å². The van der Waals surface area contributed by atoms with Gasteiger partial charge in [-0.25, -0.2) is 0 Å². The molecule has 3 nitrogen and oxygen atoms in total. The quantitative estimate of drug-likeness (QED) is 0.937. The molecule has 4 heteroatoms. The second-order valence-corrected chi connectivity index (χ2v) is 5.66. The molecule has 0 bridgehead atoms. The molecule has 0 aliphatic rings. The fourth-order valence-electron chi connectivity index (χ4n) is 2.30. The van der Waals surface area contributed by atoms with Gasteiger partial charge in [0.05, 0.1) is 11.3 Å². The minimum absolute atomic E-state index is 0.453. The first-order valence-electron chi connectivity index (χ1n) is 6.29. The highest BCUT2D eigenvalue weighted by Gasteiger charge is 2.27. The predicted octanol–water partition coefficient (Wildman–Crippen LogP) is 3.14. The number of hydrogen-bond donors (Lipinski definition) is 1. The molecule has 0 saturated carbocycles. The van der Waals surface area contributed by atoms with E-state index in [2.05, 4.69) is 5.10 Å². The average Bonchev–Trinajstić information content (AvgIpc) is 2.56. The largest absolute Gasteiger partial charge is 0.385 e. The number of benzene rings is 1. The van der Waals surface area contributed by atoms with Crippen molar-refractivity contribution in [2.75, 3.05) is 0 Å². The second kappa shape index (κ2) is 4.99. The summed E-state index contributed by atoms with van der Waals surface area (Å²) in [7, 11) is 1.81. The zero-order valence-corrected chi connectivity index (χ0v) is 12.5. The average molecular weight is 279 g/mol. The van der Waals surface area contributed by atoms with E-state index >= 15 is 0 Å². The molecule has 1 N–H and O–H groups in total. The highest BCUT2D eigenvalue weighted by Crippen LogP contribution is 2.30. The fraction of sp³-hybridized carbons (Fsp3) is 0.400. The molecular formula is C15H19ClN2O. The van der Waals surface area contributed by atoms with Crippen LogP contribution >= 0.6 is 11.6 Å². The SMILES string of the molecule is Cc1cccc(C(C)(O)Cc2c(C)nn(C)c2Cl)c1. The van der Waals surface area contributed by atoms with Crippen molar-refractivity contribution in [3.63, 3.8) is 0 Å². The number of aromatic nitrogens is 2. The van der Waals surface area contributed by atoms with Gasteiger partial charge in [0.15, 0.2) is 0 Å². The Balaban J connectivity index is 2.36. The number of aliphatic hydroxyl groups is 1. The van der Waals surface area contributed by atoms with Crippen LogP contribution in [0.3, 0.4) is 0 Å². The summed E-state index contributed by atoms with van der Waals surface area (Å²) in [5.74, 6) is 0. The van der Waals surface area contributed by atoms with Gasteiger partial charge >= 0.3 is 0 Å². The molecule has 2 rings (SSSR count). The van der Waals surface area contributed by atoms with Crippen LogP contribution in [0.2, 0.25) is 5.15 Å². The molecular weight excluding hydrogens is 260 g/mol. The molecule has 2 aromatic rings. The van der Waals surface area contributed by atoms with Crippen LogP contribution in [0.15, 0.2) is 24.3 Å². The van der Waals surface area contributed by atoms with Gasteiger partial charge in [0.1, 0.15) is 5.15 Å². The third kappa shape index (κ3) is 2.82. The number of halogens is 1. The lowest BCUT2D eigenvalue weighted by Gasteiger charge is -2.24. The third-order valence-corrected chi connectivity index (χ3v) is 3.90. The Bertz CT molecular complexity index is 602. The molecule has 0 spiro atoms. The summed E-state index contributed by atoms with van der Waals surface area (Å²) in [5, 5.41) is 15.6. The van der Waals surface area contributed by atoms with Gasteiger partial charge in [0, 0.05) is 19.0 Å². The van der Waals surface area contributed by atoms with Crippen LogP contribution < -0.4 is 0 Å². The first-order chi connectivity index (χ1) is 8.81. The molecule has 1 unspecified atom stereocenters. The Labute approximate surface area is 118 Å². The van der Waals surface area contributed by atoms with Gasteiger partial charge in [0.25, 0.3) is 0 Å². The predicted molar refractivity (Wildman–Crippen MR) is 77.4 cm³/mol. The zero-order chi connectivity index (χ0) is 14.2. The van der Waals surface area contributed by atoms with Crippen molar-refractivity contribution in [1.82, 2.24) is 9.78 Å². The van der Waals surface area contributed by atoms with Crippen LogP contribution in [0.1, 0.15) is 29.3 Å². The lowest BCUT2D eigenvalue weighted by molar-refractivity contribution is 0.0574. The molecule has 1 aromatic heterocycles. The van der Waals surface area contributed by atoms with Gasteiger partial charge in [-0.05, 0) is 26.3 Å². The molecule has 0 radical (unpaired) electrons. The summed E-state index contributed by atoms with van der Waals surface area (Å²) < 4.78 is 1.64. The lowest BCUT2D eigenvalue weighted by Crippen LogP contribution is -2.24. The third-order valence-electron chi connectivity index (χ3n) is 3.43. The van der Waals surface area contributed by atoms with Crippen LogP contribution in [0, 0.1) is 13.8 Å². The Morgan fingerprint density at radius 2 is 2.05 bits per heavy atom. The van der Waals surface area contributed by atoms with E-state index < -0.39 is 5.60 Å². The van der Waals surface area contributed by atoms with E-state index in [4.69, 9.17) is 11.6 Å². The normalized spacial score (nSPS) is 14.4. The summed E-state index contributed by atoms with van der Waals surface area (Å²) in [6.07, 6.45) is 0.453. The van der Waals surface area contributed by atoms with Gasteiger partial charge in [-0.2, -0.15) is 5.10 Å². The Morgan fingerprint density at radius 3 is 2.58 bits per heavy atom. The molecule has 102 valence electrons. The van der Waals surface area contributed by atoms with Crippen molar-refractivity contribution in [2.24, 2.45) is 7.05 Å². The fourth-order valence-corrected chi connectivity index (χ4v) is 2.54. The van der Waals surface area contributed by atoms with E-state index in [-0.39, 0.29) is 0 Å². The summed E-state index contributed by atoms with van der Waals surface area (Å²) in [4.78, 5) is 0. The first-order valence-corrected chi connectivity index (χ1v) is 6.66. The van der Waals surface area contributed by atoms with Crippen LogP contribution in [0.25, 0.3) is 0 Å². The molecule has 0 aliphatic heterocycles. The van der Waals surface area contributed by atoms with E-state index in [1.54, 1.807) is 11.7 Å². The van der Waals surface area contributed by atoms with Crippen molar-refractivity contribution < 1.29 is 5.11 Å². The number of hydrogen-bond acceptors (Lipinski definition) is 2. The number of nitrogens with zero attached hydrogens (tertiary/aromatic N) is 2. The highest BCUT2D eigenvalue weighted by molar-refractivity contribution is 6.30. The number of aryl methyl sites for hydroxylation is 3. The van der Waals surface area contributed by atoms with Crippen molar-refractivity contribution in [3.8, 4) is 0 Å². The van der Waals surface area contributed by atoms with E-state index in [1.165, 1.54) is 0 Å². The summed E-state index contributed by atoms with van der Waals surface area (Å²) in [6, 6.07) is 7.91. The summed E-state index contributed by atoms with van der Waals surface area (Å²) in [6.45, 7) is 5.74. The van der Waals surface area contributed by atoms with E-state index in [1.807, 2.05) is 45.0 Å². The molecule has 19 heavy (non-hydrogen) atoms. The molecule has 1 heterocycles. The lowest BCUT2D eigenvalue weighted by atomic mass is 9.88. The van der Waals surface area contributed by atoms with Gasteiger partial charge < -0.3 is 5.11 Å². The Kier molecular flexibility index (Phi) is 3.70. The van der Waals surface area contributed by atoms with Crippen LogP contribution in [-0.4, -0.2) is 14.9 Å². The first kappa shape index (κ1) is 14.1. The monoisotopic (exact) mass is 278 g/mol. The van der Waals surface area contributed by atoms with Crippen molar-refractivity contribution in [1.29, 1.82) is 0 Å². The standard InChI is InChI=1S/C15H19ClN2O/c1-10-6-5-7-12(8-10)15(3,19)9-13-11(2)17-18(4)14(13)16/h5-8,19H,9H2,1-4H3. The topological polar surface area (TPSA) is 38.1 Å². The maximum Gasteiger partial charge on any atom is 0.130 e. The second-order valence-electron chi connectivity index (χ2n) is 5.30. The van der Waals surface area contributed by atoms with Crippen molar-refractivity contribution >= 4 is 11.6 Å². The van der Waals surface area contributed by atoms with E-state index in [0.29, 0.717) is 11.6 Å². The minimum atomic E-state index is -0.955. The van der Waals surface area contributed by atoms with Gasteiger partial charge in [0.2, 0.25) is 0 Å². The van der Waals surface area contributed by atoms with Gasteiger partial charge in [-0.3, -0.25) is 4.68 Å². The van der Waals surface area contributed by atoms with Crippen molar-refractivity contribution in [3.05, 3.63) is 51.8 Å². The van der Waals surface area contributed by atoms with E-state index in [0.717, 1.165) is 22.4 Å². The van der Waals surface area contributed by atoms with Gasteiger partial charge in [-0.1, -0.05) is 41.4 Å². The Hall–Kier alpha value is -1.32. The van der Waals surface area contributed by atoms with Crippen LogP contribution in [-0.2, 0) is 19.1 Å². The summed E-state index contributed by atoms with van der Waals surface area (Å²) >= 11 is 6.23. The maximum atomic E-state index is 10.7. The smallest absolute Gasteiger partial charge is 0.130 e. The van der Waals surface area contributed by atoms with Crippen LogP contribution in [0.5, 0.6) is 0 Å². The van der Waals surface area contributed by atoms with Crippen molar-refractivity contribution in [2.45, 2.75) is 32.8 Å². The highest BCUT2D eigenvalue weighted by atomic mass is 35.5. The van der Waals surface area contributed by atoms with Crippen LogP contribution in [0.4, 0.5) is 0 Å². The Morgan fingerprint density at radius 1 is 1.37 bits per heavy atom. The zero-order valence-electron chi connectivity index (χ0n) is 11.7. The molecule has 0 aliphatic carbocycles. The molecule has 1 atom stereocenters. The number of rotatable bonds is 3. The molecule has 0 amide bonds. The molecule has 1 aromatic carbocycles. The maximum absolute atomic E-state index is 10.7. The summed E-state index contributed by atoms with van der Waals surface area (Å²) in [5.41, 5.74) is 2.83. The minimum Gasteiger partial charge on any atom is -0.385 e. The molecule has 0 fully saturated rings. The van der Waals surface area contributed by atoms with Gasteiger partial charge in [-0.15, -0.1) is 0 Å².